The minimum Gasteiger partial charge on any atom is -0.497 e. The molecule has 1 aliphatic heterocycles. The van der Waals surface area contributed by atoms with E-state index in [9.17, 15) is 4.79 Å². The van der Waals surface area contributed by atoms with Crippen LogP contribution in [0.3, 0.4) is 0 Å². The quantitative estimate of drug-likeness (QED) is 0.392. The lowest BCUT2D eigenvalue weighted by Gasteiger charge is -2.38. The van der Waals surface area contributed by atoms with Gasteiger partial charge in [-0.3, -0.25) is 9.69 Å². The number of carbonyl (C=O) groups excluding carboxylic acids is 1. The molecule has 6 nitrogen and oxygen atoms in total. The van der Waals surface area contributed by atoms with Crippen LogP contribution in [0.2, 0.25) is 0 Å². The highest BCUT2D eigenvalue weighted by Crippen LogP contribution is 2.41. The summed E-state index contributed by atoms with van der Waals surface area (Å²) in [6.07, 6.45) is 0. The lowest BCUT2D eigenvalue weighted by Crippen LogP contribution is -2.47. The number of piperazine rings is 1. The normalized spacial score (nSPS) is 15.7. The van der Waals surface area contributed by atoms with E-state index in [1.807, 2.05) is 66.7 Å². The van der Waals surface area contributed by atoms with E-state index >= 15 is 0 Å². The molecule has 0 saturated carbocycles. The molecule has 4 aromatic rings. The molecule has 6 heteroatoms. The van der Waals surface area contributed by atoms with Crippen molar-refractivity contribution >= 4 is 22.6 Å². The van der Waals surface area contributed by atoms with Crippen molar-refractivity contribution in [2.45, 2.75) is 13.0 Å². The molecule has 1 saturated heterocycles. The Labute approximate surface area is 206 Å². The second-order valence-electron chi connectivity index (χ2n) is 8.80. The van der Waals surface area contributed by atoms with Crippen molar-refractivity contribution < 1.29 is 13.9 Å². The number of benzene rings is 3. The summed E-state index contributed by atoms with van der Waals surface area (Å²) >= 11 is 0. The van der Waals surface area contributed by atoms with E-state index < -0.39 is 0 Å². The van der Waals surface area contributed by atoms with Crippen LogP contribution in [0.25, 0.3) is 11.0 Å². The Morgan fingerprint density at radius 2 is 1.63 bits per heavy atom. The van der Waals surface area contributed by atoms with Crippen molar-refractivity contribution in [2.24, 2.45) is 0 Å². The van der Waals surface area contributed by atoms with E-state index in [0.29, 0.717) is 5.56 Å². The van der Waals surface area contributed by atoms with Crippen LogP contribution in [0.5, 0.6) is 5.75 Å². The molecule has 35 heavy (non-hydrogen) atoms. The molecule has 2 heterocycles. The van der Waals surface area contributed by atoms with Gasteiger partial charge in [0.25, 0.3) is 5.91 Å². The van der Waals surface area contributed by atoms with Gasteiger partial charge in [0.05, 0.1) is 18.8 Å². The average Bonchev–Trinajstić information content (AvgIpc) is 3.27. The van der Waals surface area contributed by atoms with Crippen LogP contribution in [-0.2, 0) is 0 Å². The number of hydrogen-bond donors (Lipinski definition) is 1. The zero-order chi connectivity index (χ0) is 24.2. The number of furan rings is 1. The number of anilines is 1. The van der Waals surface area contributed by atoms with E-state index in [1.54, 1.807) is 7.11 Å². The largest absolute Gasteiger partial charge is 0.497 e. The summed E-state index contributed by atoms with van der Waals surface area (Å²) in [5.74, 6) is 1.42. The number of hydrogen-bond acceptors (Lipinski definition) is 5. The van der Waals surface area contributed by atoms with Gasteiger partial charge < -0.3 is 19.4 Å². The highest BCUT2D eigenvalue weighted by Gasteiger charge is 2.32. The number of likely N-dealkylation sites (N-methyl/N-ethyl adjacent to an activating group) is 1. The van der Waals surface area contributed by atoms with Crippen LogP contribution >= 0.6 is 0 Å². The Kier molecular flexibility index (Phi) is 6.84. The van der Waals surface area contributed by atoms with Crippen molar-refractivity contribution in [2.75, 3.05) is 45.2 Å². The van der Waals surface area contributed by atoms with Crippen LogP contribution < -0.4 is 10.1 Å². The Morgan fingerprint density at radius 3 is 2.31 bits per heavy atom. The number of para-hydroxylation sites is 1. The fourth-order valence-corrected chi connectivity index (χ4v) is 4.81. The topological polar surface area (TPSA) is 58.0 Å². The average molecular weight is 470 g/mol. The monoisotopic (exact) mass is 469 g/mol. The summed E-state index contributed by atoms with van der Waals surface area (Å²) in [7, 11) is 1.67. The lowest BCUT2D eigenvalue weighted by molar-refractivity contribution is 0.102. The third-order valence-electron chi connectivity index (χ3n) is 6.80. The molecular weight excluding hydrogens is 438 g/mol. The van der Waals surface area contributed by atoms with Crippen LogP contribution in [0, 0.1) is 0 Å². The molecule has 0 bridgehead atoms. The Bertz CT molecular complexity index is 1280. The predicted molar refractivity (Wildman–Crippen MR) is 139 cm³/mol. The number of methoxy groups -OCH3 is 1. The molecule has 0 spiro atoms. The van der Waals surface area contributed by atoms with Crippen molar-refractivity contribution in [1.82, 2.24) is 9.80 Å². The van der Waals surface area contributed by atoms with E-state index in [-0.39, 0.29) is 11.9 Å². The fraction of sp³-hybridized carbons (Fsp3) is 0.276. The third-order valence-corrected chi connectivity index (χ3v) is 6.80. The van der Waals surface area contributed by atoms with Crippen molar-refractivity contribution in [1.29, 1.82) is 0 Å². The van der Waals surface area contributed by atoms with Gasteiger partial charge in [-0.25, -0.2) is 0 Å². The number of carbonyl (C=O) groups is 1. The van der Waals surface area contributed by atoms with Gasteiger partial charge in [0.2, 0.25) is 0 Å². The summed E-state index contributed by atoms with van der Waals surface area (Å²) < 4.78 is 11.9. The number of fused-ring (bicyclic) bond motifs is 1. The Morgan fingerprint density at radius 1 is 0.943 bits per heavy atom. The van der Waals surface area contributed by atoms with Gasteiger partial charge in [-0.1, -0.05) is 49.4 Å². The lowest BCUT2D eigenvalue weighted by atomic mass is 9.99. The summed E-state index contributed by atoms with van der Waals surface area (Å²) in [6.45, 7) is 7.06. The first-order chi connectivity index (χ1) is 17.2. The smallest absolute Gasteiger partial charge is 0.255 e. The van der Waals surface area contributed by atoms with Crippen LogP contribution in [0.15, 0.2) is 83.3 Å². The molecule has 1 fully saturated rings. The second kappa shape index (κ2) is 10.3. The molecule has 0 aliphatic carbocycles. The highest BCUT2D eigenvalue weighted by molar-refractivity contribution is 6.09. The molecular formula is C29H31N3O3. The summed E-state index contributed by atoms with van der Waals surface area (Å²) in [5.41, 5.74) is 3.20. The molecule has 5 rings (SSSR count). The van der Waals surface area contributed by atoms with Gasteiger partial charge in [-0.2, -0.15) is 0 Å². The van der Waals surface area contributed by atoms with Gasteiger partial charge in [0.15, 0.2) is 0 Å². The standard InChI is InChI=1S/C29H31N3O3/c1-3-31-17-19-32(20-18-31)27(21-13-15-23(34-2)16-14-21)28-26(24-11-7-8-12-25(24)35-28)30-29(33)22-9-5-4-6-10-22/h4-16,27H,3,17-20H2,1-2H3,(H,30,33)/t27-/m0/s1. The zero-order valence-corrected chi connectivity index (χ0v) is 20.2. The van der Waals surface area contributed by atoms with E-state index in [0.717, 1.165) is 66.5 Å². The van der Waals surface area contributed by atoms with Crippen molar-refractivity contribution in [3.8, 4) is 5.75 Å². The number of rotatable bonds is 7. The molecule has 1 amide bonds. The third kappa shape index (κ3) is 4.81. The van der Waals surface area contributed by atoms with Crippen LogP contribution in [0.4, 0.5) is 5.69 Å². The Balaban J connectivity index is 1.60. The van der Waals surface area contributed by atoms with Gasteiger partial charge in [-0.05, 0) is 48.5 Å². The first-order valence-electron chi connectivity index (χ1n) is 12.2. The predicted octanol–water partition coefficient (Wildman–Crippen LogP) is 5.42. The number of nitrogens with zero attached hydrogens (tertiary/aromatic N) is 2. The molecule has 1 aromatic heterocycles. The van der Waals surface area contributed by atoms with Gasteiger partial charge in [0, 0.05) is 37.1 Å². The SMILES string of the molecule is CCN1CCN([C@@H](c2ccc(OC)cc2)c2oc3ccccc3c2NC(=O)c2ccccc2)CC1. The maximum Gasteiger partial charge on any atom is 0.255 e. The number of ether oxygens (including phenoxy) is 1. The van der Waals surface area contributed by atoms with Gasteiger partial charge in [0.1, 0.15) is 17.1 Å². The summed E-state index contributed by atoms with van der Waals surface area (Å²) in [6, 6.07) is 25.2. The van der Waals surface area contributed by atoms with Crippen LogP contribution in [-0.4, -0.2) is 55.5 Å². The molecule has 180 valence electrons. The maximum absolute atomic E-state index is 13.2. The molecule has 1 aliphatic rings. The molecule has 0 unspecified atom stereocenters. The summed E-state index contributed by atoms with van der Waals surface area (Å²) in [4.78, 5) is 18.1. The molecule has 0 radical (unpaired) electrons. The minimum atomic E-state index is -0.150. The molecule has 1 N–H and O–H groups in total. The second-order valence-corrected chi connectivity index (χ2v) is 8.80. The summed E-state index contributed by atoms with van der Waals surface area (Å²) in [5, 5.41) is 4.09. The zero-order valence-electron chi connectivity index (χ0n) is 20.2. The minimum absolute atomic E-state index is 0.140. The fourth-order valence-electron chi connectivity index (χ4n) is 4.81. The number of nitrogens with one attached hydrogen (secondary N) is 1. The molecule has 3 aromatic carbocycles. The van der Waals surface area contributed by atoms with Gasteiger partial charge >= 0.3 is 0 Å². The van der Waals surface area contributed by atoms with E-state index in [1.165, 1.54) is 0 Å². The number of amides is 1. The van der Waals surface area contributed by atoms with Crippen LogP contribution in [0.1, 0.15) is 34.6 Å². The van der Waals surface area contributed by atoms with E-state index in [4.69, 9.17) is 9.15 Å². The van der Waals surface area contributed by atoms with E-state index in [2.05, 4.69) is 34.2 Å². The van der Waals surface area contributed by atoms with Gasteiger partial charge in [-0.15, -0.1) is 0 Å². The molecule has 1 atom stereocenters. The highest BCUT2D eigenvalue weighted by atomic mass is 16.5. The Hall–Kier alpha value is -3.61. The van der Waals surface area contributed by atoms with Crippen molar-refractivity contribution in [3.05, 3.63) is 95.7 Å². The van der Waals surface area contributed by atoms with Crippen molar-refractivity contribution in [3.63, 3.8) is 0 Å². The first-order valence-corrected chi connectivity index (χ1v) is 12.2. The first kappa shape index (κ1) is 23.1. The maximum atomic E-state index is 13.2.